The van der Waals surface area contributed by atoms with E-state index < -0.39 is 108 Å². The number of methoxy groups -OCH3 is 1. The number of carboxylic acids is 1. The normalized spacial score (nSPS) is 16.2. The highest BCUT2D eigenvalue weighted by molar-refractivity contribution is 5.97. The quantitative estimate of drug-likeness (QED) is 0.0755. The smallest absolute Gasteiger partial charge is 0.408 e. The van der Waals surface area contributed by atoms with E-state index in [1.54, 1.807) is 45.0 Å². The molecule has 1 saturated heterocycles. The second-order valence-electron chi connectivity index (χ2n) is 17.0. The van der Waals surface area contributed by atoms with Crippen molar-refractivity contribution in [2.24, 2.45) is 11.8 Å². The average Bonchev–Trinajstić information content (AvgIpc) is 3.67. The van der Waals surface area contributed by atoms with Gasteiger partial charge in [-0.05, 0) is 70.8 Å². The van der Waals surface area contributed by atoms with Gasteiger partial charge in [-0.15, -0.1) is 0 Å². The van der Waals surface area contributed by atoms with Crippen LogP contribution in [0.3, 0.4) is 0 Å². The van der Waals surface area contributed by atoms with Crippen molar-refractivity contribution in [2.75, 3.05) is 26.8 Å². The Labute approximate surface area is 362 Å². The topological polar surface area (TPSA) is 277 Å². The first kappa shape index (κ1) is 52.3. The lowest BCUT2D eigenvalue weighted by Crippen LogP contribution is -2.60. The summed E-state index contributed by atoms with van der Waals surface area (Å²) in [6.45, 7) is 12.9. The van der Waals surface area contributed by atoms with Gasteiger partial charge in [0.25, 0.3) is 0 Å². The van der Waals surface area contributed by atoms with Crippen molar-refractivity contribution in [3.8, 4) is 0 Å². The maximum Gasteiger partial charge on any atom is 0.408 e. The lowest BCUT2D eigenvalue weighted by Gasteiger charge is -2.30. The third-order valence-electron chi connectivity index (χ3n) is 9.30. The molecule has 0 aliphatic carbocycles. The molecule has 20 nitrogen and oxygen atoms in total. The van der Waals surface area contributed by atoms with E-state index in [4.69, 9.17) is 9.47 Å². The Balaban J connectivity index is 2.34. The summed E-state index contributed by atoms with van der Waals surface area (Å²) in [6, 6.07) is 1.48. The van der Waals surface area contributed by atoms with Gasteiger partial charge in [-0.2, -0.15) is 0 Å². The number of carbonyl (C=O) groups is 9. The molecular weight excluding hydrogens is 810 g/mol. The summed E-state index contributed by atoms with van der Waals surface area (Å²) in [5.41, 5.74) is -0.171. The van der Waals surface area contributed by atoms with Crippen LogP contribution in [-0.2, 0) is 59.2 Å². The van der Waals surface area contributed by atoms with E-state index in [2.05, 4.69) is 36.6 Å². The highest BCUT2D eigenvalue weighted by atomic mass is 16.6. The van der Waals surface area contributed by atoms with Gasteiger partial charge in [-0.25, -0.2) is 4.79 Å². The summed E-state index contributed by atoms with van der Waals surface area (Å²) in [4.78, 5) is 119. The van der Waals surface area contributed by atoms with Gasteiger partial charge in [0, 0.05) is 6.54 Å². The number of alkyl carbamates (subject to hydrolysis) is 1. The molecule has 1 heterocycles. The molecule has 20 heteroatoms. The molecule has 346 valence electrons. The predicted octanol–water partition coefficient (Wildman–Crippen LogP) is 0.903. The van der Waals surface area contributed by atoms with Crippen LogP contribution in [0.1, 0.15) is 93.1 Å². The number of aliphatic carboxylic acids is 1. The van der Waals surface area contributed by atoms with Crippen LogP contribution >= 0.6 is 0 Å². The molecule has 1 aliphatic rings. The fraction of sp³-hybridized carbons (Fsp3) is 0.643. The minimum atomic E-state index is -1.56. The average molecular weight is 876 g/mol. The van der Waals surface area contributed by atoms with Crippen molar-refractivity contribution < 1.29 is 62.5 Å². The van der Waals surface area contributed by atoms with Crippen molar-refractivity contribution in [2.45, 2.75) is 136 Å². The Morgan fingerprint density at radius 1 is 0.758 bits per heavy atom. The summed E-state index contributed by atoms with van der Waals surface area (Å²) < 4.78 is 15.6. The zero-order valence-corrected chi connectivity index (χ0v) is 37.2. The van der Waals surface area contributed by atoms with E-state index in [9.17, 15) is 48.3 Å². The number of hydrogen-bond acceptors (Lipinski definition) is 12. The highest BCUT2D eigenvalue weighted by Crippen LogP contribution is 2.20. The van der Waals surface area contributed by atoms with Gasteiger partial charge in [0.1, 0.15) is 48.4 Å². The van der Waals surface area contributed by atoms with Gasteiger partial charge in [0.05, 0.1) is 26.7 Å². The molecule has 0 bridgehead atoms. The maximum atomic E-state index is 14.1. The van der Waals surface area contributed by atoms with Crippen LogP contribution in [-0.4, -0.2) is 132 Å². The van der Waals surface area contributed by atoms with Crippen molar-refractivity contribution in [1.29, 1.82) is 0 Å². The molecule has 62 heavy (non-hydrogen) atoms. The maximum absolute atomic E-state index is 14.1. The summed E-state index contributed by atoms with van der Waals surface area (Å²) in [7, 11) is 1.16. The van der Waals surface area contributed by atoms with Gasteiger partial charge in [-0.3, -0.25) is 38.4 Å². The van der Waals surface area contributed by atoms with E-state index in [0.29, 0.717) is 6.42 Å². The molecule has 0 spiro atoms. The second kappa shape index (κ2) is 25.2. The number of ether oxygens (including phenoxy) is 3. The zero-order chi connectivity index (χ0) is 46.7. The fourth-order valence-electron chi connectivity index (χ4n) is 6.36. The van der Waals surface area contributed by atoms with Crippen LogP contribution in [0.5, 0.6) is 0 Å². The van der Waals surface area contributed by atoms with Crippen LogP contribution in [0, 0.1) is 11.8 Å². The number of carbonyl (C=O) groups excluding carboxylic acids is 8. The van der Waals surface area contributed by atoms with Crippen LogP contribution in [0.4, 0.5) is 4.79 Å². The van der Waals surface area contributed by atoms with Crippen molar-refractivity contribution in [1.82, 2.24) is 36.8 Å². The molecular formula is C42H65N7O13. The Morgan fingerprint density at radius 3 is 1.85 bits per heavy atom. The molecule has 0 unspecified atom stereocenters. The molecule has 7 N–H and O–H groups in total. The Hall–Kier alpha value is -5.79. The van der Waals surface area contributed by atoms with Gasteiger partial charge in [0.2, 0.25) is 35.4 Å². The standard InChI is InChI=1S/C42H65N7O13/c1-24(2)18-28(36(54)44-26(5)35(53)43-21-34(52)60-9)45-37(55)29(19-25(3)4)46-38(56)31(23-61-22-27-14-11-10-12-15-27)47-39(57)32-16-13-17-49(32)40(58)30(20-33(50)51)48-41(59)62-42(6,7)8/h10-12,14-15,24-26,28-32H,13,16-23H2,1-9H3,(H,43,53)(H,44,54)(H,45,55)(H,46,56)(H,47,57)(H,48,59)(H,50,51)/t26-,28-,29-,30-,31-,32-/m0/s1. The van der Waals surface area contributed by atoms with Crippen LogP contribution < -0.4 is 31.9 Å². The number of nitrogens with one attached hydrogen (secondary N) is 6. The van der Waals surface area contributed by atoms with Crippen molar-refractivity contribution >= 4 is 53.5 Å². The Morgan fingerprint density at radius 2 is 1.32 bits per heavy atom. The first-order valence-electron chi connectivity index (χ1n) is 20.7. The van der Waals surface area contributed by atoms with Gasteiger partial charge < -0.3 is 56.1 Å². The Kier molecular flexibility index (Phi) is 21.3. The number of carboxylic acid groups (broad SMARTS) is 1. The van der Waals surface area contributed by atoms with Gasteiger partial charge in [0.15, 0.2) is 0 Å². The lowest BCUT2D eigenvalue weighted by atomic mass is 9.99. The molecule has 0 saturated carbocycles. The predicted molar refractivity (Wildman–Crippen MR) is 224 cm³/mol. The van der Waals surface area contributed by atoms with Crippen molar-refractivity contribution in [3.63, 3.8) is 0 Å². The minimum Gasteiger partial charge on any atom is -0.481 e. The molecule has 1 aliphatic heterocycles. The number of nitrogens with zero attached hydrogens (tertiary/aromatic N) is 1. The van der Waals surface area contributed by atoms with Crippen LogP contribution in [0.25, 0.3) is 0 Å². The molecule has 2 rings (SSSR count). The van der Waals surface area contributed by atoms with Crippen LogP contribution in [0.2, 0.25) is 0 Å². The zero-order valence-electron chi connectivity index (χ0n) is 37.2. The largest absolute Gasteiger partial charge is 0.481 e. The van der Waals surface area contributed by atoms with E-state index in [0.717, 1.165) is 17.6 Å². The first-order chi connectivity index (χ1) is 29.0. The molecule has 1 aromatic carbocycles. The molecule has 1 fully saturated rings. The number of esters is 1. The summed E-state index contributed by atoms with van der Waals surface area (Å²) in [6.07, 6.45) is -1.00. The fourth-order valence-corrected chi connectivity index (χ4v) is 6.36. The molecule has 0 radical (unpaired) electrons. The minimum absolute atomic E-state index is 0.0583. The lowest BCUT2D eigenvalue weighted by molar-refractivity contribution is -0.145. The van der Waals surface area contributed by atoms with Crippen molar-refractivity contribution in [3.05, 3.63) is 35.9 Å². The summed E-state index contributed by atoms with van der Waals surface area (Å²) in [5.74, 6) is -6.74. The monoisotopic (exact) mass is 875 g/mol. The van der Waals surface area contributed by atoms with Gasteiger partial charge in [-0.1, -0.05) is 58.0 Å². The number of amides is 7. The third-order valence-corrected chi connectivity index (χ3v) is 9.30. The van der Waals surface area contributed by atoms with E-state index >= 15 is 0 Å². The molecule has 6 atom stereocenters. The highest BCUT2D eigenvalue weighted by Gasteiger charge is 2.40. The van der Waals surface area contributed by atoms with E-state index in [-0.39, 0.29) is 50.9 Å². The van der Waals surface area contributed by atoms with E-state index in [1.807, 2.05) is 33.8 Å². The number of hydrogen-bond donors (Lipinski definition) is 7. The number of likely N-dealkylation sites (tertiary alicyclic amines) is 1. The van der Waals surface area contributed by atoms with E-state index in [1.165, 1.54) is 6.92 Å². The molecule has 1 aromatic rings. The summed E-state index contributed by atoms with van der Waals surface area (Å²) in [5, 5.41) is 24.8. The Bertz CT molecular complexity index is 1720. The third kappa shape index (κ3) is 18.9. The number of rotatable bonds is 23. The first-order valence-corrected chi connectivity index (χ1v) is 20.7. The molecule has 7 amide bonds. The van der Waals surface area contributed by atoms with Gasteiger partial charge >= 0.3 is 18.0 Å². The number of benzene rings is 1. The second-order valence-corrected chi connectivity index (χ2v) is 17.0. The SMILES string of the molecule is COC(=O)CNC(=O)[C@H](C)NC(=O)[C@H](CC(C)C)NC(=O)[C@H](CC(C)C)NC(=O)[C@H](COCc1ccccc1)NC(=O)[C@@H]1CCCN1C(=O)[C@H](CC(=O)O)NC(=O)OC(C)(C)C. The van der Waals surface area contributed by atoms with Crippen LogP contribution in [0.15, 0.2) is 30.3 Å². The summed E-state index contributed by atoms with van der Waals surface area (Å²) >= 11 is 0. The molecule has 0 aromatic heterocycles.